The fraction of sp³-hybridized carbons (Fsp3) is 0.394. The Labute approximate surface area is 275 Å². The molecule has 45 heavy (non-hydrogen) atoms. The first-order valence-corrected chi connectivity index (χ1v) is 17.0. The van der Waals surface area contributed by atoms with E-state index in [9.17, 15) is 18.0 Å². The van der Waals surface area contributed by atoms with E-state index in [0.717, 1.165) is 42.0 Å². The molecule has 3 aromatic rings. The van der Waals surface area contributed by atoms with E-state index in [1.54, 1.807) is 49.4 Å². The van der Waals surface area contributed by atoms with Gasteiger partial charge in [0.25, 0.3) is 10.0 Å². The molecule has 0 heterocycles. The molecule has 242 valence electrons. The number of nitrogens with one attached hydrogen (secondary N) is 1. The van der Waals surface area contributed by atoms with E-state index in [1.165, 1.54) is 37.3 Å². The van der Waals surface area contributed by atoms with Crippen LogP contribution in [0.3, 0.4) is 0 Å². The number of methoxy groups -OCH3 is 2. The zero-order chi connectivity index (χ0) is 32.7. The van der Waals surface area contributed by atoms with Gasteiger partial charge in [0.15, 0.2) is 11.5 Å². The molecule has 1 atom stereocenters. The number of aryl methyl sites for hydroxylation is 1. The summed E-state index contributed by atoms with van der Waals surface area (Å²) in [5.41, 5.74) is 1.63. The fourth-order valence-electron chi connectivity index (χ4n) is 5.33. The number of hydrogen-bond donors (Lipinski definition) is 1. The number of halogens is 2. The number of carbonyl (C=O) groups is 2. The second kappa shape index (κ2) is 15.2. The molecule has 3 aromatic carbocycles. The first-order valence-electron chi connectivity index (χ1n) is 14.8. The van der Waals surface area contributed by atoms with Gasteiger partial charge in [-0.2, -0.15) is 0 Å². The van der Waals surface area contributed by atoms with Crippen molar-refractivity contribution >= 4 is 50.7 Å². The third-order valence-corrected chi connectivity index (χ3v) is 10.4. The number of anilines is 1. The lowest BCUT2D eigenvalue weighted by atomic mass is 9.95. The monoisotopic (exact) mass is 675 g/mol. The zero-order valence-corrected chi connectivity index (χ0v) is 28.2. The van der Waals surface area contributed by atoms with Gasteiger partial charge in [0.2, 0.25) is 11.8 Å². The minimum absolute atomic E-state index is 0.00562. The van der Waals surface area contributed by atoms with Gasteiger partial charge in [0.1, 0.15) is 12.6 Å². The quantitative estimate of drug-likeness (QED) is 0.239. The van der Waals surface area contributed by atoms with Crippen LogP contribution in [0.4, 0.5) is 5.69 Å². The van der Waals surface area contributed by atoms with E-state index in [0.29, 0.717) is 21.4 Å². The molecule has 2 amide bonds. The topological polar surface area (TPSA) is 105 Å². The number of amides is 2. The Kier molecular flexibility index (Phi) is 11.6. The Balaban J connectivity index is 1.74. The van der Waals surface area contributed by atoms with Crippen LogP contribution in [0.5, 0.6) is 11.5 Å². The van der Waals surface area contributed by atoms with E-state index in [-0.39, 0.29) is 34.8 Å². The number of hydrogen-bond acceptors (Lipinski definition) is 6. The van der Waals surface area contributed by atoms with E-state index in [2.05, 4.69) is 5.32 Å². The summed E-state index contributed by atoms with van der Waals surface area (Å²) in [5.74, 6) is -0.235. The van der Waals surface area contributed by atoms with Crippen molar-refractivity contribution in [2.75, 3.05) is 25.1 Å². The molecule has 0 aliphatic heterocycles. The van der Waals surface area contributed by atoms with Crippen molar-refractivity contribution in [2.24, 2.45) is 0 Å². The SMILES string of the molecule is COc1ccc(N(CC(=O)N(Cc2ccc(Cl)cc2Cl)[C@H](C)C(=O)NC2CCCCC2)S(=O)(=O)c2ccc(C)cc2)cc1OC. The van der Waals surface area contributed by atoms with Crippen molar-refractivity contribution < 1.29 is 27.5 Å². The number of sulfonamides is 1. The van der Waals surface area contributed by atoms with Crippen LogP contribution < -0.4 is 19.1 Å². The fourth-order valence-corrected chi connectivity index (χ4v) is 7.21. The molecule has 0 bridgehead atoms. The predicted molar refractivity (Wildman–Crippen MR) is 177 cm³/mol. The van der Waals surface area contributed by atoms with Crippen LogP contribution in [0.1, 0.15) is 50.2 Å². The lowest BCUT2D eigenvalue weighted by Gasteiger charge is -2.33. The number of ether oxygens (including phenoxy) is 2. The van der Waals surface area contributed by atoms with Crippen LogP contribution in [0.2, 0.25) is 10.0 Å². The molecule has 1 N–H and O–H groups in total. The average molecular weight is 677 g/mol. The number of rotatable bonds is 12. The second-order valence-corrected chi connectivity index (χ2v) is 13.8. The molecule has 0 spiro atoms. The minimum atomic E-state index is -4.25. The largest absolute Gasteiger partial charge is 0.493 e. The van der Waals surface area contributed by atoms with Gasteiger partial charge in [-0.15, -0.1) is 0 Å². The zero-order valence-electron chi connectivity index (χ0n) is 25.9. The molecule has 12 heteroatoms. The Hall–Kier alpha value is -3.47. The van der Waals surface area contributed by atoms with Gasteiger partial charge in [0, 0.05) is 28.7 Å². The summed E-state index contributed by atoms with van der Waals surface area (Å²) in [5, 5.41) is 3.84. The highest BCUT2D eigenvalue weighted by molar-refractivity contribution is 7.92. The van der Waals surface area contributed by atoms with E-state index >= 15 is 0 Å². The molecule has 0 radical (unpaired) electrons. The first kappa shape index (κ1) is 34.4. The lowest BCUT2D eigenvalue weighted by Crippen LogP contribution is -2.53. The maximum Gasteiger partial charge on any atom is 0.264 e. The molecule has 0 aromatic heterocycles. The van der Waals surface area contributed by atoms with Gasteiger partial charge in [-0.3, -0.25) is 13.9 Å². The Morgan fingerprint density at radius 3 is 2.22 bits per heavy atom. The molecule has 1 aliphatic carbocycles. The summed E-state index contributed by atoms with van der Waals surface area (Å²) in [6, 6.07) is 15.0. The van der Waals surface area contributed by atoms with Gasteiger partial charge in [-0.1, -0.05) is 66.2 Å². The molecule has 1 saturated carbocycles. The summed E-state index contributed by atoms with van der Waals surface area (Å²) < 4.78 is 40.1. The summed E-state index contributed by atoms with van der Waals surface area (Å²) in [6.07, 6.45) is 4.93. The summed E-state index contributed by atoms with van der Waals surface area (Å²) in [7, 11) is -1.34. The molecule has 0 unspecified atom stereocenters. The molecular weight excluding hydrogens is 637 g/mol. The summed E-state index contributed by atoms with van der Waals surface area (Å²) in [4.78, 5) is 29.2. The Bertz CT molecular complexity index is 1610. The highest BCUT2D eigenvalue weighted by atomic mass is 35.5. The van der Waals surface area contributed by atoms with Crippen molar-refractivity contribution in [1.82, 2.24) is 10.2 Å². The van der Waals surface area contributed by atoms with Crippen molar-refractivity contribution in [2.45, 2.75) is 69.5 Å². The number of nitrogens with zero attached hydrogens (tertiary/aromatic N) is 2. The van der Waals surface area contributed by atoms with Gasteiger partial charge < -0.3 is 19.7 Å². The van der Waals surface area contributed by atoms with Gasteiger partial charge in [-0.05, 0) is 68.7 Å². The molecular formula is C33H39Cl2N3O6S. The van der Waals surface area contributed by atoms with E-state index < -0.39 is 28.5 Å². The summed E-state index contributed by atoms with van der Waals surface area (Å²) in [6.45, 7) is 2.84. The molecule has 1 fully saturated rings. The van der Waals surface area contributed by atoms with Gasteiger partial charge >= 0.3 is 0 Å². The summed E-state index contributed by atoms with van der Waals surface area (Å²) >= 11 is 12.6. The third-order valence-electron chi connectivity index (χ3n) is 8.02. The Morgan fingerprint density at radius 1 is 0.933 bits per heavy atom. The predicted octanol–water partition coefficient (Wildman–Crippen LogP) is 6.38. The number of carbonyl (C=O) groups excluding carboxylic acids is 2. The number of benzene rings is 3. The van der Waals surface area contributed by atoms with E-state index in [4.69, 9.17) is 32.7 Å². The third kappa shape index (κ3) is 8.42. The van der Waals surface area contributed by atoms with Crippen molar-refractivity contribution in [3.8, 4) is 11.5 Å². The molecule has 0 saturated heterocycles. The van der Waals surface area contributed by atoms with Crippen LogP contribution in [0.15, 0.2) is 65.6 Å². The smallest absolute Gasteiger partial charge is 0.264 e. The normalized spacial score (nSPS) is 14.4. The van der Waals surface area contributed by atoms with Crippen LogP contribution >= 0.6 is 23.2 Å². The average Bonchev–Trinajstić information content (AvgIpc) is 3.03. The van der Waals surface area contributed by atoms with Gasteiger partial charge in [-0.25, -0.2) is 8.42 Å². The molecule has 1 aliphatic rings. The Morgan fingerprint density at radius 2 is 1.60 bits per heavy atom. The van der Waals surface area contributed by atoms with Crippen LogP contribution in [-0.2, 0) is 26.2 Å². The van der Waals surface area contributed by atoms with Crippen molar-refractivity contribution in [1.29, 1.82) is 0 Å². The van der Waals surface area contributed by atoms with Crippen LogP contribution in [0, 0.1) is 6.92 Å². The second-order valence-electron chi connectivity index (χ2n) is 11.1. The first-order chi connectivity index (χ1) is 21.4. The maximum absolute atomic E-state index is 14.3. The molecule has 9 nitrogen and oxygen atoms in total. The highest BCUT2D eigenvalue weighted by Crippen LogP contribution is 2.34. The van der Waals surface area contributed by atoms with Crippen LogP contribution in [-0.4, -0.2) is 58.0 Å². The van der Waals surface area contributed by atoms with E-state index in [1.807, 2.05) is 6.92 Å². The minimum Gasteiger partial charge on any atom is -0.493 e. The highest BCUT2D eigenvalue weighted by Gasteiger charge is 2.34. The van der Waals surface area contributed by atoms with Crippen molar-refractivity contribution in [3.63, 3.8) is 0 Å². The maximum atomic E-state index is 14.3. The van der Waals surface area contributed by atoms with Crippen molar-refractivity contribution in [3.05, 3.63) is 81.8 Å². The lowest BCUT2D eigenvalue weighted by molar-refractivity contribution is -0.139. The van der Waals surface area contributed by atoms with Gasteiger partial charge in [0.05, 0.1) is 24.8 Å². The van der Waals surface area contributed by atoms with Crippen LogP contribution in [0.25, 0.3) is 0 Å². The molecule has 4 rings (SSSR count). The standard InChI is InChI=1S/C33H39Cl2N3O6S/c1-22-10-15-28(16-11-22)45(41,42)38(27-14-17-30(43-3)31(19-27)44-4)21-32(39)37(20-24-12-13-25(34)18-29(24)35)23(2)33(40)36-26-8-6-5-7-9-26/h10-19,23,26H,5-9,20-21H2,1-4H3,(H,36,40)/t23-/m1/s1.